The third kappa shape index (κ3) is 3.21. The Bertz CT molecular complexity index is 607. The molecule has 2 amide bonds. The van der Waals surface area contributed by atoms with Crippen LogP contribution in [0.1, 0.15) is 25.7 Å². The maximum Gasteiger partial charge on any atom is 0.239 e. The van der Waals surface area contributed by atoms with Crippen LogP contribution in [0.4, 0.5) is 5.69 Å². The summed E-state index contributed by atoms with van der Waals surface area (Å²) in [6, 6.07) is 7.27. The third-order valence-electron chi connectivity index (χ3n) is 4.81. The summed E-state index contributed by atoms with van der Waals surface area (Å²) in [6.45, 7) is 1.73. The summed E-state index contributed by atoms with van der Waals surface area (Å²) in [5.74, 6) is -0.769. The van der Waals surface area contributed by atoms with Gasteiger partial charge in [0.15, 0.2) is 0 Å². The zero-order chi connectivity index (χ0) is 16.4. The summed E-state index contributed by atoms with van der Waals surface area (Å²) >= 11 is 6.00. The fraction of sp³-hybridized carbons (Fsp3) is 0.529. The lowest BCUT2D eigenvalue weighted by molar-refractivity contribution is -0.142. The first-order valence-corrected chi connectivity index (χ1v) is 8.57. The minimum Gasteiger partial charge on any atom is -0.338 e. The Kier molecular flexibility index (Phi) is 4.87. The van der Waals surface area contributed by atoms with Crippen molar-refractivity contribution in [3.8, 4) is 0 Å². The van der Waals surface area contributed by atoms with Gasteiger partial charge in [-0.3, -0.25) is 9.59 Å². The van der Waals surface area contributed by atoms with E-state index in [0.29, 0.717) is 31.1 Å². The standard InChI is InChI=1S/C17H22ClN3O2/c18-12-4-3-6-13(10-12)21-9-7-15(17(21)23)16(22)20-8-2-1-5-14(20)11-19/h3-4,6,10,14-15H,1-2,5,7-9,11,19H2. The molecular weight excluding hydrogens is 314 g/mol. The number of nitrogens with zero attached hydrogens (tertiary/aromatic N) is 2. The van der Waals surface area contributed by atoms with Gasteiger partial charge >= 0.3 is 0 Å². The van der Waals surface area contributed by atoms with Crippen LogP contribution in [0.2, 0.25) is 5.02 Å². The molecule has 0 saturated carbocycles. The number of nitrogens with two attached hydrogens (primary N) is 1. The van der Waals surface area contributed by atoms with Crippen molar-refractivity contribution in [2.45, 2.75) is 31.7 Å². The highest BCUT2D eigenvalue weighted by molar-refractivity contribution is 6.31. The molecule has 2 aliphatic heterocycles. The quantitative estimate of drug-likeness (QED) is 0.859. The second-order valence-corrected chi connectivity index (χ2v) is 6.66. The van der Waals surface area contributed by atoms with Crippen molar-refractivity contribution in [3.63, 3.8) is 0 Å². The lowest BCUT2D eigenvalue weighted by Gasteiger charge is -2.36. The van der Waals surface area contributed by atoms with Crippen LogP contribution in [0, 0.1) is 5.92 Å². The van der Waals surface area contributed by atoms with E-state index >= 15 is 0 Å². The zero-order valence-corrected chi connectivity index (χ0v) is 13.8. The summed E-state index contributed by atoms with van der Waals surface area (Å²) in [7, 11) is 0. The van der Waals surface area contributed by atoms with E-state index < -0.39 is 5.92 Å². The number of amides is 2. The maximum atomic E-state index is 12.8. The van der Waals surface area contributed by atoms with E-state index in [1.807, 2.05) is 17.0 Å². The Hall–Kier alpha value is -1.59. The van der Waals surface area contributed by atoms with Gasteiger partial charge in [0, 0.05) is 36.4 Å². The van der Waals surface area contributed by atoms with Crippen molar-refractivity contribution in [2.24, 2.45) is 11.7 Å². The van der Waals surface area contributed by atoms with Gasteiger partial charge in [-0.15, -0.1) is 0 Å². The minimum atomic E-state index is -0.582. The Labute approximate surface area is 141 Å². The molecule has 1 aromatic rings. The van der Waals surface area contributed by atoms with Gasteiger partial charge in [0.2, 0.25) is 11.8 Å². The molecular formula is C17H22ClN3O2. The van der Waals surface area contributed by atoms with Gasteiger partial charge in [-0.25, -0.2) is 0 Å². The van der Waals surface area contributed by atoms with E-state index in [-0.39, 0.29) is 17.9 Å². The predicted octanol–water partition coefficient (Wildman–Crippen LogP) is 2.03. The summed E-state index contributed by atoms with van der Waals surface area (Å²) in [4.78, 5) is 29.0. The van der Waals surface area contributed by atoms with Crippen molar-refractivity contribution in [1.82, 2.24) is 4.90 Å². The van der Waals surface area contributed by atoms with Gasteiger partial charge in [-0.05, 0) is 43.9 Å². The average Bonchev–Trinajstić information content (AvgIpc) is 2.95. The summed E-state index contributed by atoms with van der Waals surface area (Å²) in [5, 5.41) is 0.587. The number of carbonyl (C=O) groups excluding carboxylic acids is 2. The second kappa shape index (κ2) is 6.89. The maximum absolute atomic E-state index is 12.8. The van der Waals surface area contributed by atoms with Crippen LogP contribution in [0.25, 0.3) is 0 Å². The van der Waals surface area contributed by atoms with Gasteiger partial charge in [0.25, 0.3) is 0 Å². The lowest BCUT2D eigenvalue weighted by atomic mass is 9.98. The number of benzene rings is 1. The molecule has 2 fully saturated rings. The summed E-state index contributed by atoms with van der Waals surface area (Å²) in [6.07, 6.45) is 3.57. The third-order valence-corrected chi connectivity index (χ3v) is 5.04. The smallest absolute Gasteiger partial charge is 0.239 e. The largest absolute Gasteiger partial charge is 0.338 e. The molecule has 124 valence electrons. The number of anilines is 1. The van der Waals surface area contributed by atoms with Crippen LogP contribution in [-0.4, -0.2) is 42.4 Å². The SMILES string of the molecule is NCC1CCCCN1C(=O)C1CCN(c2cccc(Cl)c2)C1=O. The van der Waals surface area contributed by atoms with Gasteiger partial charge in [0.1, 0.15) is 5.92 Å². The zero-order valence-electron chi connectivity index (χ0n) is 13.1. The number of hydrogen-bond acceptors (Lipinski definition) is 3. The molecule has 2 N–H and O–H groups in total. The van der Waals surface area contributed by atoms with Crippen LogP contribution in [0.3, 0.4) is 0 Å². The first-order valence-electron chi connectivity index (χ1n) is 8.19. The second-order valence-electron chi connectivity index (χ2n) is 6.23. The first-order chi connectivity index (χ1) is 11.1. The molecule has 0 radical (unpaired) electrons. The Morgan fingerprint density at radius 3 is 2.83 bits per heavy atom. The molecule has 2 unspecified atom stereocenters. The molecule has 2 atom stereocenters. The number of piperidine rings is 1. The molecule has 2 aliphatic rings. The fourth-order valence-electron chi connectivity index (χ4n) is 3.55. The number of carbonyl (C=O) groups is 2. The minimum absolute atomic E-state index is 0.0605. The molecule has 0 spiro atoms. The number of halogens is 1. The fourth-order valence-corrected chi connectivity index (χ4v) is 3.73. The van der Waals surface area contributed by atoms with E-state index in [4.69, 9.17) is 17.3 Å². The van der Waals surface area contributed by atoms with Gasteiger partial charge in [-0.2, -0.15) is 0 Å². The number of likely N-dealkylation sites (tertiary alicyclic amines) is 1. The van der Waals surface area contributed by atoms with E-state index in [1.165, 1.54) is 0 Å². The van der Waals surface area contributed by atoms with Crippen molar-refractivity contribution in [3.05, 3.63) is 29.3 Å². The van der Waals surface area contributed by atoms with Gasteiger partial charge in [0.05, 0.1) is 0 Å². The van der Waals surface area contributed by atoms with Gasteiger partial charge in [-0.1, -0.05) is 17.7 Å². The average molecular weight is 336 g/mol. The van der Waals surface area contributed by atoms with Gasteiger partial charge < -0.3 is 15.5 Å². The highest BCUT2D eigenvalue weighted by Gasteiger charge is 2.41. The molecule has 23 heavy (non-hydrogen) atoms. The van der Waals surface area contributed by atoms with Crippen molar-refractivity contribution in [2.75, 3.05) is 24.5 Å². The normalized spacial score (nSPS) is 25.0. The molecule has 0 aliphatic carbocycles. The van der Waals surface area contributed by atoms with Crippen molar-refractivity contribution >= 4 is 29.1 Å². The van der Waals surface area contributed by atoms with Crippen molar-refractivity contribution < 1.29 is 9.59 Å². The first kappa shape index (κ1) is 16.3. The molecule has 2 heterocycles. The molecule has 2 saturated heterocycles. The summed E-state index contributed by atoms with van der Waals surface area (Å²) < 4.78 is 0. The molecule has 6 heteroatoms. The van der Waals surface area contributed by atoms with Crippen LogP contribution < -0.4 is 10.6 Å². The van der Waals surface area contributed by atoms with Crippen molar-refractivity contribution in [1.29, 1.82) is 0 Å². The molecule has 0 bridgehead atoms. The monoisotopic (exact) mass is 335 g/mol. The number of rotatable bonds is 3. The molecule has 1 aromatic carbocycles. The Morgan fingerprint density at radius 2 is 2.09 bits per heavy atom. The topological polar surface area (TPSA) is 66.6 Å². The van der Waals surface area contributed by atoms with Crippen LogP contribution in [0.15, 0.2) is 24.3 Å². The van der Waals surface area contributed by atoms with Crippen LogP contribution in [0.5, 0.6) is 0 Å². The van der Waals surface area contributed by atoms with E-state index in [1.54, 1.807) is 17.0 Å². The Morgan fingerprint density at radius 1 is 1.26 bits per heavy atom. The molecule has 0 aromatic heterocycles. The highest BCUT2D eigenvalue weighted by Crippen LogP contribution is 2.29. The van der Waals surface area contributed by atoms with E-state index in [2.05, 4.69) is 0 Å². The molecule has 3 rings (SSSR count). The summed E-state index contributed by atoms with van der Waals surface area (Å²) in [5.41, 5.74) is 6.55. The van der Waals surface area contributed by atoms with E-state index in [0.717, 1.165) is 24.9 Å². The van der Waals surface area contributed by atoms with Crippen LogP contribution >= 0.6 is 11.6 Å². The molecule has 5 nitrogen and oxygen atoms in total. The van der Waals surface area contributed by atoms with Crippen LogP contribution in [-0.2, 0) is 9.59 Å². The Balaban J connectivity index is 1.74. The number of hydrogen-bond donors (Lipinski definition) is 1. The predicted molar refractivity (Wildman–Crippen MR) is 90.3 cm³/mol. The highest BCUT2D eigenvalue weighted by atomic mass is 35.5. The lowest BCUT2D eigenvalue weighted by Crippen LogP contribution is -2.50. The van der Waals surface area contributed by atoms with E-state index in [9.17, 15) is 9.59 Å².